The summed E-state index contributed by atoms with van der Waals surface area (Å²) in [6, 6.07) is 0.197. The third-order valence-electron chi connectivity index (χ3n) is 7.00. The van der Waals surface area contributed by atoms with Crippen LogP contribution in [0.5, 0.6) is 0 Å². The molecule has 3 aliphatic rings. The first-order valence-electron chi connectivity index (χ1n) is 11.6. The van der Waals surface area contributed by atoms with E-state index in [1.165, 1.54) is 22.6 Å². The lowest BCUT2D eigenvalue weighted by atomic mass is 9.82. The van der Waals surface area contributed by atoms with Crippen molar-refractivity contribution in [3.05, 3.63) is 28.2 Å². The SMILES string of the molecule is C[C@H]1CCc2c(sc(NC(=O)[C@@H]3CC=CC[C@@H]3C(=O)O)c2C(=O)NC2CCCCC2)C1. The van der Waals surface area contributed by atoms with Gasteiger partial charge in [0.1, 0.15) is 5.00 Å². The Kier molecular flexibility index (Phi) is 6.80. The van der Waals surface area contributed by atoms with Crippen molar-refractivity contribution in [2.24, 2.45) is 17.8 Å². The van der Waals surface area contributed by atoms with Crippen molar-refractivity contribution in [3.8, 4) is 0 Å². The minimum absolute atomic E-state index is 0.0902. The van der Waals surface area contributed by atoms with Crippen LogP contribution in [0.1, 0.15) is 79.1 Å². The Bertz CT molecular complexity index is 884. The summed E-state index contributed by atoms with van der Waals surface area (Å²) < 4.78 is 0. The molecule has 0 spiro atoms. The fourth-order valence-corrected chi connectivity index (χ4v) is 6.58. The van der Waals surface area contributed by atoms with Gasteiger partial charge in [-0.05, 0) is 56.4 Å². The van der Waals surface area contributed by atoms with Gasteiger partial charge in [0.2, 0.25) is 5.91 Å². The van der Waals surface area contributed by atoms with Crippen molar-refractivity contribution < 1.29 is 19.5 Å². The number of hydrogen-bond acceptors (Lipinski definition) is 4. The summed E-state index contributed by atoms with van der Waals surface area (Å²) in [4.78, 5) is 39.2. The largest absolute Gasteiger partial charge is 0.481 e. The molecule has 1 fully saturated rings. The molecule has 0 radical (unpaired) electrons. The standard InChI is InChI=1S/C24H32N2O4S/c1-14-11-12-18-19(13-14)31-23(20(18)22(28)25-15-7-3-2-4-8-15)26-21(27)16-9-5-6-10-17(16)24(29)30/h5-6,14-17H,2-4,7-13H2,1H3,(H,25,28)(H,26,27)(H,29,30)/t14-,16+,17-/m0/s1. The molecule has 1 aromatic rings. The predicted molar refractivity (Wildman–Crippen MR) is 121 cm³/mol. The summed E-state index contributed by atoms with van der Waals surface area (Å²) in [6.07, 6.45) is 12.8. The van der Waals surface area contributed by atoms with Crippen molar-refractivity contribution in [3.63, 3.8) is 0 Å². The molecule has 1 saturated carbocycles. The number of thiophene rings is 1. The monoisotopic (exact) mass is 444 g/mol. The van der Waals surface area contributed by atoms with Crippen molar-refractivity contribution in [2.45, 2.75) is 77.2 Å². The summed E-state index contributed by atoms with van der Waals surface area (Å²) >= 11 is 1.50. The van der Waals surface area contributed by atoms with Crippen LogP contribution < -0.4 is 10.6 Å². The van der Waals surface area contributed by atoms with E-state index in [9.17, 15) is 19.5 Å². The molecule has 1 heterocycles. The van der Waals surface area contributed by atoms with Crippen LogP contribution in [0.3, 0.4) is 0 Å². The lowest BCUT2D eigenvalue weighted by Crippen LogP contribution is -2.38. The fourth-order valence-electron chi connectivity index (χ4n) is 5.17. The average molecular weight is 445 g/mol. The van der Waals surface area contributed by atoms with E-state index >= 15 is 0 Å². The van der Waals surface area contributed by atoms with E-state index in [2.05, 4.69) is 17.6 Å². The van der Waals surface area contributed by atoms with E-state index in [0.717, 1.165) is 50.5 Å². The molecular formula is C24H32N2O4S. The number of hydrogen-bond donors (Lipinski definition) is 3. The molecule has 3 aliphatic carbocycles. The van der Waals surface area contributed by atoms with Crippen molar-refractivity contribution >= 4 is 34.1 Å². The van der Waals surface area contributed by atoms with E-state index in [0.29, 0.717) is 29.3 Å². The van der Waals surface area contributed by atoms with Gasteiger partial charge in [0.25, 0.3) is 5.91 Å². The second-order valence-electron chi connectivity index (χ2n) is 9.35. The Morgan fingerprint density at radius 1 is 1.03 bits per heavy atom. The second-order valence-corrected chi connectivity index (χ2v) is 10.5. The molecular weight excluding hydrogens is 412 g/mol. The lowest BCUT2D eigenvalue weighted by Gasteiger charge is -2.25. The van der Waals surface area contributed by atoms with Crippen LogP contribution in [0.25, 0.3) is 0 Å². The Balaban J connectivity index is 1.59. The number of allylic oxidation sites excluding steroid dienone is 2. The van der Waals surface area contributed by atoms with Crippen LogP contribution in [-0.2, 0) is 22.4 Å². The van der Waals surface area contributed by atoms with Gasteiger partial charge in [0.05, 0.1) is 17.4 Å². The first-order chi connectivity index (χ1) is 14.9. The molecule has 0 aliphatic heterocycles. The Hall–Kier alpha value is -2.15. The van der Waals surface area contributed by atoms with Gasteiger partial charge in [-0.15, -0.1) is 11.3 Å². The number of aliphatic carboxylic acids is 1. The van der Waals surface area contributed by atoms with Gasteiger partial charge in [-0.3, -0.25) is 14.4 Å². The van der Waals surface area contributed by atoms with Gasteiger partial charge >= 0.3 is 5.97 Å². The van der Waals surface area contributed by atoms with Gasteiger partial charge in [-0.1, -0.05) is 38.3 Å². The number of nitrogens with one attached hydrogen (secondary N) is 2. The zero-order valence-corrected chi connectivity index (χ0v) is 18.9. The van der Waals surface area contributed by atoms with E-state index in [1.54, 1.807) is 0 Å². The highest BCUT2D eigenvalue weighted by molar-refractivity contribution is 7.17. The molecule has 0 aromatic carbocycles. The Morgan fingerprint density at radius 3 is 2.45 bits per heavy atom. The van der Waals surface area contributed by atoms with Crippen LogP contribution in [0.4, 0.5) is 5.00 Å². The lowest BCUT2D eigenvalue weighted by molar-refractivity contribution is -0.146. The van der Waals surface area contributed by atoms with E-state index in [4.69, 9.17) is 0 Å². The zero-order valence-electron chi connectivity index (χ0n) is 18.1. The van der Waals surface area contributed by atoms with E-state index < -0.39 is 17.8 Å². The minimum Gasteiger partial charge on any atom is -0.481 e. The Labute approximate surface area is 187 Å². The normalized spacial score (nSPS) is 26.2. The number of rotatable bonds is 5. The van der Waals surface area contributed by atoms with Gasteiger partial charge in [0.15, 0.2) is 0 Å². The molecule has 3 atom stereocenters. The summed E-state index contributed by atoms with van der Waals surface area (Å²) in [6.45, 7) is 2.22. The van der Waals surface area contributed by atoms with Crippen LogP contribution >= 0.6 is 11.3 Å². The highest BCUT2D eigenvalue weighted by Crippen LogP contribution is 2.40. The van der Waals surface area contributed by atoms with Gasteiger partial charge < -0.3 is 15.7 Å². The maximum absolute atomic E-state index is 13.3. The number of carbonyl (C=O) groups is 3. The van der Waals surface area contributed by atoms with E-state index in [-0.39, 0.29) is 17.9 Å². The molecule has 1 aromatic heterocycles. The molecule has 0 saturated heterocycles. The van der Waals surface area contributed by atoms with Crippen LogP contribution in [0.15, 0.2) is 12.2 Å². The second kappa shape index (κ2) is 9.55. The molecule has 3 N–H and O–H groups in total. The maximum Gasteiger partial charge on any atom is 0.307 e. The van der Waals surface area contributed by atoms with Crippen LogP contribution in [-0.4, -0.2) is 28.9 Å². The zero-order chi connectivity index (χ0) is 22.0. The van der Waals surface area contributed by atoms with Gasteiger partial charge in [0, 0.05) is 10.9 Å². The van der Waals surface area contributed by atoms with E-state index in [1.807, 2.05) is 12.2 Å². The minimum atomic E-state index is -0.945. The van der Waals surface area contributed by atoms with Crippen LogP contribution in [0, 0.1) is 17.8 Å². The number of carboxylic acid groups (broad SMARTS) is 1. The maximum atomic E-state index is 13.3. The third-order valence-corrected chi connectivity index (χ3v) is 8.17. The third kappa shape index (κ3) is 4.86. The number of fused-ring (bicyclic) bond motifs is 1. The molecule has 168 valence electrons. The summed E-state index contributed by atoms with van der Waals surface area (Å²) in [5, 5.41) is 16.3. The first-order valence-corrected chi connectivity index (χ1v) is 12.4. The summed E-state index contributed by atoms with van der Waals surface area (Å²) in [7, 11) is 0. The molecule has 31 heavy (non-hydrogen) atoms. The van der Waals surface area contributed by atoms with Gasteiger partial charge in [-0.2, -0.15) is 0 Å². The summed E-state index contributed by atoms with van der Waals surface area (Å²) in [5.74, 6) is -2.11. The highest BCUT2D eigenvalue weighted by atomic mass is 32.1. The number of carbonyl (C=O) groups excluding carboxylic acids is 2. The van der Waals surface area contributed by atoms with Crippen molar-refractivity contribution in [1.82, 2.24) is 5.32 Å². The summed E-state index contributed by atoms with van der Waals surface area (Å²) in [5.41, 5.74) is 1.69. The molecule has 2 amide bonds. The number of carboxylic acids is 1. The number of amides is 2. The molecule has 0 bridgehead atoms. The smallest absolute Gasteiger partial charge is 0.307 e. The molecule has 6 nitrogen and oxygen atoms in total. The molecule has 7 heteroatoms. The molecule has 0 unspecified atom stereocenters. The topological polar surface area (TPSA) is 95.5 Å². The van der Waals surface area contributed by atoms with Crippen molar-refractivity contribution in [1.29, 1.82) is 0 Å². The Morgan fingerprint density at radius 2 is 1.74 bits per heavy atom. The van der Waals surface area contributed by atoms with Crippen molar-refractivity contribution in [2.75, 3.05) is 5.32 Å². The average Bonchev–Trinajstić information content (AvgIpc) is 3.11. The van der Waals surface area contributed by atoms with Gasteiger partial charge in [-0.25, -0.2) is 0 Å². The highest BCUT2D eigenvalue weighted by Gasteiger charge is 2.36. The predicted octanol–water partition coefficient (Wildman–Crippen LogP) is 4.54. The number of anilines is 1. The fraction of sp³-hybridized carbons (Fsp3) is 0.625. The molecule has 4 rings (SSSR count). The quantitative estimate of drug-likeness (QED) is 0.581. The van der Waals surface area contributed by atoms with Crippen LogP contribution in [0.2, 0.25) is 0 Å². The first kappa shape index (κ1) is 22.1.